The molecular formula is C17H30N2O. The van der Waals surface area contributed by atoms with Crippen LogP contribution in [0, 0.1) is 11.8 Å². The third-order valence-electron chi connectivity index (χ3n) is 6.05. The second-order valence-corrected chi connectivity index (χ2v) is 7.34. The van der Waals surface area contributed by atoms with E-state index in [0.717, 1.165) is 37.6 Å². The van der Waals surface area contributed by atoms with Crippen LogP contribution in [0.2, 0.25) is 0 Å². The lowest BCUT2D eigenvalue weighted by Crippen LogP contribution is -2.44. The Labute approximate surface area is 123 Å². The Bertz CT molecular complexity index is 362. The molecule has 0 bridgehead atoms. The Kier molecular flexibility index (Phi) is 4.07. The van der Waals surface area contributed by atoms with Crippen LogP contribution in [0.3, 0.4) is 0 Å². The van der Waals surface area contributed by atoms with Gasteiger partial charge in [0.25, 0.3) is 0 Å². The second-order valence-electron chi connectivity index (χ2n) is 7.34. The van der Waals surface area contributed by atoms with Gasteiger partial charge in [0.15, 0.2) is 0 Å². The number of rotatable bonds is 3. The molecule has 0 radical (unpaired) electrons. The first kappa shape index (κ1) is 14.4. The topological polar surface area (TPSA) is 32.3 Å². The summed E-state index contributed by atoms with van der Waals surface area (Å²) in [5.41, 5.74) is -0.182. The molecule has 0 aromatic heterocycles. The van der Waals surface area contributed by atoms with Gasteiger partial charge in [-0.25, -0.2) is 0 Å². The van der Waals surface area contributed by atoms with Crippen molar-refractivity contribution < 1.29 is 4.79 Å². The van der Waals surface area contributed by atoms with Gasteiger partial charge in [-0.1, -0.05) is 46.0 Å². The molecular weight excluding hydrogens is 248 g/mol. The van der Waals surface area contributed by atoms with Gasteiger partial charge in [-0.2, -0.15) is 0 Å². The molecule has 1 heterocycles. The maximum absolute atomic E-state index is 12.9. The van der Waals surface area contributed by atoms with E-state index in [4.69, 9.17) is 0 Å². The molecule has 0 aromatic carbocycles. The van der Waals surface area contributed by atoms with Gasteiger partial charge >= 0.3 is 0 Å². The maximum atomic E-state index is 12.9. The summed E-state index contributed by atoms with van der Waals surface area (Å²) in [6, 6.07) is 0. The summed E-state index contributed by atoms with van der Waals surface area (Å²) in [6.07, 6.45) is 11.3. The number of nitrogens with zero attached hydrogens (tertiary/aromatic N) is 1. The van der Waals surface area contributed by atoms with Crippen LogP contribution < -0.4 is 5.32 Å². The summed E-state index contributed by atoms with van der Waals surface area (Å²) in [4.78, 5) is 15.1. The SMILES string of the molecule is CCC1NC2(CCCC2)C(=O)N1CC1CCCCC1C. The highest BCUT2D eigenvalue weighted by Gasteiger charge is 2.52. The van der Waals surface area contributed by atoms with Crippen LogP contribution in [0.25, 0.3) is 0 Å². The smallest absolute Gasteiger partial charge is 0.244 e. The molecule has 2 saturated carbocycles. The molecule has 1 spiro atoms. The third-order valence-corrected chi connectivity index (χ3v) is 6.05. The Morgan fingerprint density at radius 3 is 2.55 bits per heavy atom. The summed E-state index contributed by atoms with van der Waals surface area (Å²) in [7, 11) is 0. The minimum absolute atomic E-state index is 0.182. The van der Waals surface area contributed by atoms with E-state index >= 15 is 0 Å². The van der Waals surface area contributed by atoms with E-state index in [1.54, 1.807) is 0 Å². The Morgan fingerprint density at radius 2 is 1.90 bits per heavy atom. The van der Waals surface area contributed by atoms with E-state index in [1.807, 2.05) is 0 Å². The van der Waals surface area contributed by atoms with Gasteiger partial charge in [0.05, 0.1) is 11.7 Å². The van der Waals surface area contributed by atoms with Crippen LogP contribution in [0.1, 0.15) is 71.6 Å². The Morgan fingerprint density at radius 1 is 1.20 bits per heavy atom. The summed E-state index contributed by atoms with van der Waals surface area (Å²) in [5.74, 6) is 1.92. The normalized spacial score (nSPS) is 37.0. The molecule has 0 aromatic rings. The molecule has 1 amide bonds. The zero-order valence-corrected chi connectivity index (χ0v) is 13.2. The van der Waals surface area contributed by atoms with Crippen molar-refractivity contribution in [2.24, 2.45) is 11.8 Å². The van der Waals surface area contributed by atoms with Crippen LogP contribution in [0.4, 0.5) is 0 Å². The molecule has 1 N–H and O–H groups in total. The van der Waals surface area contributed by atoms with Gasteiger partial charge in [0, 0.05) is 6.54 Å². The molecule has 20 heavy (non-hydrogen) atoms. The maximum Gasteiger partial charge on any atom is 0.244 e. The predicted octanol–water partition coefficient (Wildman–Crippen LogP) is 3.29. The van der Waals surface area contributed by atoms with Gasteiger partial charge in [-0.05, 0) is 37.5 Å². The van der Waals surface area contributed by atoms with Crippen molar-refractivity contribution in [3.63, 3.8) is 0 Å². The first-order valence-corrected chi connectivity index (χ1v) is 8.75. The molecule has 2 aliphatic carbocycles. The molecule has 1 saturated heterocycles. The molecule has 3 unspecified atom stereocenters. The van der Waals surface area contributed by atoms with Crippen molar-refractivity contribution in [3.05, 3.63) is 0 Å². The molecule has 3 atom stereocenters. The fourth-order valence-electron chi connectivity index (χ4n) is 4.66. The lowest BCUT2D eigenvalue weighted by molar-refractivity contribution is -0.134. The van der Waals surface area contributed by atoms with E-state index in [1.165, 1.54) is 38.5 Å². The van der Waals surface area contributed by atoms with E-state index < -0.39 is 0 Å². The van der Waals surface area contributed by atoms with Crippen molar-refractivity contribution in [3.8, 4) is 0 Å². The molecule has 1 aliphatic heterocycles. The van der Waals surface area contributed by atoms with Crippen molar-refractivity contribution in [1.82, 2.24) is 10.2 Å². The number of hydrogen-bond acceptors (Lipinski definition) is 2. The van der Waals surface area contributed by atoms with Gasteiger partial charge in [-0.15, -0.1) is 0 Å². The standard InChI is InChI=1S/C17H30N2O/c1-3-15-18-17(10-6-7-11-17)16(20)19(15)12-14-9-5-4-8-13(14)2/h13-15,18H,3-12H2,1-2H3. The molecule has 3 fully saturated rings. The largest absolute Gasteiger partial charge is 0.325 e. The fraction of sp³-hybridized carbons (Fsp3) is 0.941. The zero-order valence-electron chi connectivity index (χ0n) is 13.2. The van der Waals surface area contributed by atoms with Gasteiger partial charge in [0.1, 0.15) is 0 Å². The first-order valence-electron chi connectivity index (χ1n) is 8.75. The summed E-state index contributed by atoms with van der Waals surface area (Å²) in [6.45, 7) is 5.58. The zero-order chi connectivity index (χ0) is 14.2. The average molecular weight is 278 g/mol. The Hall–Kier alpha value is -0.570. The minimum atomic E-state index is -0.182. The number of amides is 1. The van der Waals surface area contributed by atoms with E-state index in [2.05, 4.69) is 24.1 Å². The highest BCUT2D eigenvalue weighted by Crippen LogP contribution is 2.39. The van der Waals surface area contributed by atoms with E-state index in [9.17, 15) is 4.79 Å². The van der Waals surface area contributed by atoms with Gasteiger partial charge in [0.2, 0.25) is 5.91 Å². The van der Waals surface area contributed by atoms with Crippen molar-refractivity contribution in [2.45, 2.75) is 83.3 Å². The van der Waals surface area contributed by atoms with E-state index in [0.29, 0.717) is 5.91 Å². The van der Waals surface area contributed by atoms with Crippen LogP contribution in [-0.4, -0.2) is 29.1 Å². The number of nitrogens with one attached hydrogen (secondary N) is 1. The monoisotopic (exact) mass is 278 g/mol. The lowest BCUT2D eigenvalue weighted by atomic mass is 9.80. The van der Waals surface area contributed by atoms with Crippen molar-refractivity contribution in [1.29, 1.82) is 0 Å². The first-order chi connectivity index (χ1) is 9.66. The minimum Gasteiger partial charge on any atom is -0.325 e. The highest BCUT2D eigenvalue weighted by molar-refractivity contribution is 5.89. The van der Waals surface area contributed by atoms with Crippen LogP contribution in [0.15, 0.2) is 0 Å². The van der Waals surface area contributed by atoms with Crippen molar-refractivity contribution in [2.75, 3.05) is 6.54 Å². The van der Waals surface area contributed by atoms with Crippen molar-refractivity contribution >= 4 is 5.91 Å². The number of carbonyl (C=O) groups excluding carboxylic acids is 1. The van der Waals surface area contributed by atoms with Crippen LogP contribution in [-0.2, 0) is 4.79 Å². The average Bonchev–Trinajstić information content (AvgIpc) is 3.02. The molecule has 3 aliphatic rings. The summed E-state index contributed by atoms with van der Waals surface area (Å²) < 4.78 is 0. The summed E-state index contributed by atoms with van der Waals surface area (Å²) in [5, 5.41) is 3.70. The van der Waals surface area contributed by atoms with Gasteiger partial charge in [-0.3, -0.25) is 10.1 Å². The van der Waals surface area contributed by atoms with Crippen LogP contribution >= 0.6 is 0 Å². The predicted molar refractivity (Wildman–Crippen MR) is 81.2 cm³/mol. The molecule has 3 heteroatoms. The van der Waals surface area contributed by atoms with Gasteiger partial charge < -0.3 is 4.90 Å². The quantitative estimate of drug-likeness (QED) is 0.859. The molecule has 114 valence electrons. The second kappa shape index (κ2) is 5.67. The highest BCUT2D eigenvalue weighted by atomic mass is 16.2. The fourth-order valence-corrected chi connectivity index (χ4v) is 4.66. The summed E-state index contributed by atoms with van der Waals surface area (Å²) >= 11 is 0. The lowest BCUT2D eigenvalue weighted by Gasteiger charge is -2.34. The molecule has 3 rings (SSSR count). The third kappa shape index (κ3) is 2.38. The Balaban J connectivity index is 1.72. The molecule has 3 nitrogen and oxygen atoms in total. The van der Waals surface area contributed by atoms with Crippen LogP contribution in [0.5, 0.6) is 0 Å². The number of hydrogen-bond donors (Lipinski definition) is 1. The van der Waals surface area contributed by atoms with E-state index in [-0.39, 0.29) is 11.7 Å². The number of carbonyl (C=O) groups is 1.